The largest absolute Gasteiger partial charge is 0.480 e. The molecule has 3 N–H and O–H groups in total. The highest BCUT2D eigenvalue weighted by molar-refractivity contribution is 5.82. The predicted octanol–water partition coefficient (Wildman–Crippen LogP) is 0.237. The number of hydrogen-bond acceptors (Lipinski definition) is 4. The molecule has 1 amide bonds. The van der Waals surface area contributed by atoms with Crippen LogP contribution in [0.15, 0.2) is 24.3 Å². The Morgan fingerprint density at radius 2 is 2.21 bits per heavy atom. The number of nitriles is 1. The summed E-state index contributed by atoms with van der Waals surface area (Å²) in [6, 6.07) is 8.09. The third-order valence-electron chi connectivity index (χ3n) is 2.41. The quantitative estimate of drug-likeness (QED) is 0.680. The van der Waals surface area contributed by atoms with Gasteiger partial charge in [-0.1, -0.05) is 12.1 Å². The molecule has 19 heavy (non-hydrogen) atoms. The first-order valence-electron chi connectivity index (χ1n) is 5.72. The second-order valence-electron chi connectivity index (χ2n) is 4.03. The molecule has 100 valence electrons. The number of nitrogens with zero attached hydrogens (tertiary/aromatic N) is 1. The van der Waals surface area contributed by atoms with E-state index in [4.69, 9.17) is 10.4 Å². The lowest BCUT2D eigenvalue weighted by molar-refractivity contribution is -0.141. The van der Waals surface area contributed by atoms with Crippen molar-refractivity contribution in [1.82, 2.24) is 10.6 Å². The zero-order valence-corrected chi connectivity index (χ0v) is 10.5. The van der Waals surface area contributed by atoms with Crippen molar-refractivity contribution in [1.29, 1.82) is 5.26 Å². The van der Waals surface area contributed by atoms with Gasteiger partial charge in [-0.05, 0) is 17.7 Å². The maximum Gasteiger partial charge on any atom is 0.327 e. The van der Waals surface area contributed by atoms with Crippen LogP contribution in [0.2, 0.25) is 0 Å². The minimum atomic E-state index is -1.09. The van der Waals surface area contributed by atoms with Crippen molar-refractivity contribution in [3.63, 3.8) is 0 Å². The van der Waals surface area contributed by atoms with Crippen LogP contribution in [0.3, 0.4) is 0 Å². The van der Waals surface area contributed by atoms with Gasteiger partial charge in [-0.15, -0.1) is 0 Å². The normalized spacial score (nSPS) is 11.4. The van der Waals surface area contributed by atoms with Crippen molar-refractivity contribution in [3.05, 3.63) is 35.4 Å². The Labute approximate surface area is 111 Å². The van der Waals surface area contributed by atoms with E-state index in [9.17, 15) is 9.59 Å². The van der Waals surface area contributed by atoms with Crippen molar-refractivity contribution in [3.8, 4) is 6.07 Å². The Hall–Kier alpha value is -2.39. The van der Waals surface area contributed by atoms with Crippen molar-refractivity contribution in [2.45, 2.75) is 19.5 Å². The summed E-state index contributed by atoms with van der Waals surface area (Å²) in [5.41, 5.74) is 1.43. The number of carboxylic acid groups (broad SMARTS) is 1. The number of aliphatic carboxylic acids is 1. The van der Waals surface area contributed by atoms with Gasteiger partial charge in [0.05, 0.1) is 11.6 Å². The van der Waals surface area contributed by atoms with E-state index in [1.807, 2.05) is 12.1 Å². The highest BCUT2D eigenvalue weighted by Gasteiger charge is 2.17. The van der Waals surface area contributed by atoms with Crippen LogP contribution in [0.25, 0.3) is 0 Å². The summed E-state index contributed by atoms with van der Waals surface area (Å²) < 4.78 is 0. The SMILES string of the molecule is CC(=O)NC(CNCc1cccc(C#N)c1)C(=O)O. The summed E-state index contributed by atoms with van der Waals surface area (Å²) in [6.07, 6.45) is 0. The Morgan fingerprint density at radius 3 is 2.79 bits per heavy atom. The highest BCUT2D eigenvalue weighted by Crippen LogP contribution is 2.03. The molecule has 6 heteroatoms. The Bertz CT molecular complexity index is 508. The molecule has 0 aliphatic rings. The average molecular weight is 261 g/mol. The van der Waals surface area contributed by atoms with E-state index in [2.05, 4.69) is 10.6 Å². The van der Waals surface area contributed by atoms with Crippen LogP contribution in [0.5, 0.6) is 0 Å². The number of rotatable bonds is 6. The van der Waals surface area contributed by atoms with Crippen LogP contribution in [0.1, 0.15) is 18.1 Å². The van der Waals surface area contributed by atoms with E-state index < -0.39 is 12.0 Å². The van der Waals surface area contributed by atoms with Crippen molar-refractivity contribution >= 4 is 11.9 Å². The molecule has 0 saturated carbocycles. The van der Waals surface area contributed by atoms with E-state index in [1.165, 1.54) is 6.92 Å². The summed E-state index contributed by atoms with van der Waals surface area (Å²) >= 11 is 0. The monoisotopic (exact) mass is 261 g/mol. The lowest BCUT2D eigenvalue weighted by Gasteiger charge is -2.14. The summed E-state index contributed by atoms with van der Waals surface area (Å²) in [7, 11) is 0. The number of hydrogen-bond donors (Lipinski definition) is 3. The van der Waals surface area contributed by atoms with Gasteiger partial charge in [0.1, 0.15) is 6.04 Å². The molecular weight excluding hydrogens is 246 g/mol. The molecule has 0 fully saturated rings. The first-order chi connectivity index (χ1) is 9.02. The van der Waals surface area contributed by atoms with Crippen molar-refractivity contribution < 1.29 is 14.7 Å². The average Bonchev–Trinajstić information content (AvgIpc) is 2.37. The summed E-state index contributed by atoms with van der Waals surface area (Å²) in [5, 5.41) is 22.9. The van der Waals surface area contributed by atoms with E-state index in [-0.39, 0.29) is 12.5 Å². The second-order valence-corrected chi connectivity index (χ2v) is 4.03. The molecule has 0 bridgehead atoms. The molecule has 0 spiro atoms. The van der Waals surface area contributed by atoms with Crippen molar-refractivity contribution in [2.24, 2.45) is 0 Å². The van der Waals surface area contributed by atoms with E-state index in [0.717, 1.165) is 5.56 Å². The number of benzene rings is 1. The van der Waals surface area contributed by atoms with Crippen molar-refractivity contribution in [2.75, 3.05) is 6.54 Å². The molecular formula is C13H15N3O3. The smallest absolute Gasteiger partial charge is 0.327 e. The van der Waals surface area contributed by atoms with Crippen LogP contribution >= 0.6 is 0 Å². The minimum Gasteiger partial charge on any atom is -0.480 e. The standard InChI is InChI=1S/C13H15N3O3/c1-9(17)16-12(13(18)19)8-15-7-11-4-2-3-10(5-11)6-14/h2-5,12,15H,7-8H2,1H3,(H,16,17)(H,18,19). The third-order valence-corrected chi connectivity index (χ3v) is 2.41. The van der Waals surface area contributed by atoms with E-state index in [1.54, 1.807) is 18.2 Å². The fraction of sp³-hybridized carbons (Fsp3) is 0.308. The van der Waals surface area contributed by atoms with Gasteiger partial charge in [-0.25, -0.2) is 4.79 Å². The van der Waals surface area contributed by atoms with E-state index >= 15 is 0 Å². The third kappa shape index (κ3) is 5.19. The first-order valence-corrected chi connectivity index (χ1v) is 5.72. The second kappa shape index (κ2) is 7.13. The number of amides is 1. The molecule has 0 aromatic heterocycles. The molecule has 6 nitrogen and oxygen atoms in total. The molecule has 0 aliphatic heterocycles. The maximum atomic E-state index is 10.9. The predicted molar refractivity (Wildman–Crippen MR) is 68.1 cm³/mol. The zero-order chi connectivity index (χ0) is 14.3. The van der Waals surface area contributed by atoms with Gasteiger partial charge in [0, 0.05) is 20.0 Å². The topological polar surface area (TPSA) is 102 Å². The molecule has 1 rings (SSSR count). The summed E-state index contributed by atoms with van der Waals surface area (Å²) in [4.78, 5) is 21.7. The van der Waals surface area contributed by atoms with Gasteiger partial charge in [-0.2, -0.15) is 5.26 Å². The molecule has 1 aromatic carbocycles. The van der Waals surface area contributed by atoms with Crippen LogP contribution in [-0.2, 0) is 16.1 Å². The van der Waals surface area contributed by atoms with E-state index in [0.29, 0.717) is 12.1 Å². The number of carbonyl (C=O) groups is 2. The Balaban J connectivity index is 2.49. The summed E-state index contributed by atoms with van der Waals surface area (Å²) in [5.74, 6) is -1.48. The summed E-state index contributed by atoms with van der Waals surface area (Å²) in [6.45, 7) is 1.82. The lowest BCUT2D eigenvalue weighted by atomic mass is 10.1. The molecule has 0 heterocycles. The Morgan fingerprint density at radius 1 is 1.47 bits per heavy atom. The molecule has 0 aliphatic carbocycles. The molecule has 1 unspecified atom stereocenters. The zero-order valence-electron chi connectivity index (χ0n) is 10.5. The van der Waals surface area contributed by atoms with Gasteiger partial charge in [0.2, 0.25) is 5.91 Å². The van der Waals surface area contributed by atoms with Gasteiger partial charge in [-0.3, -0.25) is 4.79 Å². The van der Waals surface area contributed by atoms with Crippen LogP contribution < -0.4 is 10.6 Å². The number of carbonyl (C=O) groups excluding carboxylic acids is 1. The molecule has 1 aromatic rings. The minimum absolute atomic E-state index is 0.117. The molecule has 0 radical (unpaired) electrons. The molecule has 0 saturated heterocycles. The fourth-order valence-electron chi connectivity index (χ4n) is 1.56. The van der Waals surface area contributed by atoms with Gasteiger partial charge >= 0.3 is 5.97 Å². The van der Waals surface area contributed by atoms with Crippen LogP contribution in [-0.4, -0.2) is 29.6 Å². The first kappa shape index (κ1) is 14.7. The number of carboxylic acids is 1. The Kier molecular flexibility index (Phi) is 5.51. The highest BCUT2D eigenvalue weighted by atomic mass is 16.4. The van der Waals surface area contributed by atoms with Gasteiger partial charge < -0.3 is 15.7 Å². The van der Waals surface area contributed by atoms with Crippen LogP contribution in [0, 0.1) is 11.3 Å². The maximum absolute atomic E-state index is 10.9. The molecule has 1 atom stereocenters. The lowest BCUT2D eigenvalue weighted by Crippen LogP contribution is -2.46. The van der Waals surface area contributed by atoms with Gasteiger partial charge in [0.15, 0.2) is 0 Å². The fourth-order valence-corrected chi connectivity index (χ4v) is 1.56. The number of nitrogens with one attached hydrogen (secondary N) is 2. The van der Waals surface area contributed by atoms with Gasteiger partial charge in [0.25, 0.3) is 0 Å². The van der Waals surface area contributed by atoms with Crippen LogP contribution in [0.4, 0.5) is 0 Å².